The molecule has 0 saturated heterocycles. The third-order valence-electron chi connectivity index (χ3n) is 1.76. The van der Waals surface area contributed by atoms with Crippen molar-refractivity contribution in [1.29, 1.82) is 0 Å². The summed E-state index contributed by atoms with van der Waals surface area (Å²) in [6.45, 7) is 9.71. The van der Waals surface area contributed by atoms with Crippen LogP contribution in [0.25, 0.3) is 0 Å². The maximum atomic E-state index is 11.0. The zero-order valence-electron chi connectivity index (χ0n) is 9.79. The van der Waals surface area contributed by atoms with E-state index in [9.17, 15) is 4.79 Å². The molecule has 2 atom stereocenters. The average molecular weight is 215 g/mol. The maximum absolute atomic E-state index is 11.0. The van der Waals surface area contributed by atoms with Crippen molar-refractivity contribution < 1.29 is 14.3 Å². The molecular weight excluding hydrogens is 194 g/mol. The molecule has 88 valence electrons. The second kappa shape index (κ2) is 8.44. The summed E-state index contributed by atoms with van der Waals surface area (Å²) in [6.07, 6.45) is 2.41. The zero-order valence-corrected chi connectivity index (χ0v) is 9.79. The maximum Gasteiger partial charge on any atom is 0.245 e. The number of carbonyl (C=O) groups is 1. The first-order chi connectivity index (χ1) is 7.13. The van der Waals surface area contributed by atoms with Gasteiger partial charge in [-0.05, 0) is 26.3 Å². The molecule has 0 spiro atoms. The minimum Gasteiger partial charge on any atom is -0.353 e. The second-order valence-electron chi connectivity index (χ2n) is 3.16. The van der Waals surface area contributed by atoms with Gasteiger partial charge in [0.1, 0.15) is 6.23 Å². The van der Waals surface area contributed by atoms with E-state index in [4.69, 9.17) is 9.47 Å². The SMILES string of the molecule is C=CC(=O)NC(C)OC(CCC)OCC. The normalized spacial score (nSPS) is 14.3. The molecule has 2 unspecified atom stereocenters. The van der Waals surface area contributed by atoms with Crippen LogP contribution < -0.4 is 5.32 Å². The number of rotatable bonds is 8. The number of hydrogen-bond donors (Lipinski definition) is 1. The fraction of sp³-hybridized carbons (Fsp3) is 0.727. The highest BCUT2D eigenvalue weighted by molar-refractivity contribution is 5.86. The minimum absolute atomic E-state index is 0.241. The molecular formula is C11H21NO3. The highest BCUT2D eigenvalue weighted by Gasteiger charge is 2.12. The van der Waals surface area contributed by atoms with Crippen molar-refractivity contribution in [3.05, 3.63) is 12.7 Å². The van der Waals surface area contributed by atoms with E-state index >= 15 is 0 Å². The van der Waals surface area contributed by atoms with Crippen LogP contribution >= 0.6 is 0 Å². The summed E-state index contributed by atoms with van der Waals surface area (Å²) >= 11 is 0. The van der Waals surface area contributed by atoms with Gasteiger partial charge in [0.15, 0.2) is 6.29 Å². The summed E-state index contributed by atoms with van der Waals surface area (Å²) in [4.78, 5) is 11.0. The van der Waals surface area contributed by atoms with E-state index in [2.05, 4.69) is 18.8 Å². The highest BCUT2D eigenvalue weighted by Crippen LogP contribution is 2.06. The van der Waals surface area contributed by atoms with Gasteiger partial charge in [-0.25, -0.2) is 0 Å². The van der Waals surface area contributed by atoms with E-state index in [1.54, 1.807) is 6.92 Å². The Morgan fingerprint density at radius 1 is 1.53 bits per heavy atom. The lowest BCUT2D eigenvalue weighted by atomic mass is 10.3. The van der Waals surface area contributed by atoms with Gasteiger partial charge >= 0.3 is 0 Å². The predicted molar refractivity (Wildman–Crippen MR) is 59.2 cm³/mol. The minimum atomic E-state index is -0.362. The Hall–Kier alpha value is -0.870. The van der Waals surface area contributed by atoms with Crippen molar-refractivity contribution in [2.75, 3.05) is 6.61 Å². The van der Waals surface area contributed by atoms with Crippen molar-refractivity contribution in [2.24, 2.45) is 0 Å². The van der Waals surface area contributed by atoms with E-state index in [-0.39, 0.29) is 18.4 Å². The van der Waals surface area contributed by atoms with Crippen LogP contribution in [0.3, 0.4) is 0 Å². The quantitative estimate of drug-likeness (QED) is 0.496. The molecule has 0 aliphatic carbocycles. The first-order valence-electron chi connectivity index (χ1n) is 5.34. The average Bonchev–Trinajstić information content (AvgIpc) is 2.18. The molecule has 0 bridgehead atoms. The fourth-order valence-corrected chi connectivity index (χ4v) is 1.13. The molecule has 1 N–H and O–H groups in total. The van der Waals surface area contributed by atoms with E-state index in [0.717, 1.165) is 12.8 Å². The Labute approximate surface area is 91.6 Å². The van der Waals surface area contributed by atoms with Gasteiger partial charge in [0.2, 0.25) is 5.91 Å². The Balaban J connectivity index is 3.91. The van der Waals surface area contributed by atoms with E-state index in [1.165, 1.54) is 6.08 Å². The van der Waals surface area contributed by atoms with Crippen molar-refractivity contribution >= 4 is 5.91 Å². The van der Waals surface area contributed by atoms with Crippen LogP contribution in [0.15, 0.2) is 12.7 Å². The number of nitrogens with one attached hydrogen (secondary N) is 1. The third-order valence-corrected chi connectivity index (χ3v) is 1.76. The number of hydrogen-bond acceptors (Lipinski definition) is 3. The van der Waals surface area contributed by atoms with Crippen LogP contribution in [0.5, 0.6) is 0 Å². The molecule has 0 aromatic heterocycles. The molecule has 0 radical (unpaired) electrons. The fourth-order valence-electron chi connectivity index (χ4n) is 1.13. The predicted octanol–water partition coefficient (Wildman–Crippen LogP) is 1.81. The van der Waals surface area contributed by atoms with Gasteiger partial charge in [0, 0.05) is 6.61 Å². The van der Waals surface area contributed by atoms with Crippen molar-refractivity contribution in [2.45, 2.75) is 46.1 Å². The summed E-state index contributed by atoms with van der Waals surface area (Å²) in [7, 11) is 0. The van der Waals surface area contributed by atoms with Gasteiger partial charge in [-0.2, -0.15) is 0 Å². The second-order valence-corrected chi connectivity index (χ2v) is 3.16. The summed E-state index contributed by atoms with van der Waals surface area (Å²) in [5.74, 6) is -0.241. The van der Waals surface area contributed by atoms with Crippen molar-refractivity contribution in [1.82, 2.24) is 5.32 Å². The third kappa shape index (κ3) is 7.11. The van der Waals surface area contributed by atoms with Crippen LogP contribution in [0, 0.1) is 0 Å². The molecule has 0 saturated carbocycles. The standard InChI is InChI=1S/C11H21NO3/c1-5-8-11(14-7-3)15-9(4)12-10(13)6-2/h6,9,11H,2,5,7-8H2,1,3-4H3,(H,12,13). The summed E-state index contributed by atoms with van der Waals surface area (Å²) in [5, 5.41) is 2.62. The Kier molecular flexibility index (Phi) is 7.95. The van der Waals surface area contributed by atoms with Crippen molar-refractivity contribution in [3.63, 3.8) is 0 Å². The summed E-state index contributed by atoms with van der Waals surface area (Å²) in [5.41, 5.74) is 0. The van der Waals surface area contributed by atoms with Gasteiger partial charge < -0.3 is 14.8 Å². The number of ether oxygens (including phenoxy) is 2. The molecule has 0 rings (SSSR count). The molecule has 1 amide bonds. The Morgan fingerprint density at radius 2 is 2.20 bits per heavy atom. The van der Waals surface area contributed by atoms with Crippen LogP contribution in [-0.2, 0) is 14.3 Å². The Bertz CT molecular complexity index is 188. The van der Waals surface area contributed by atoms with Crippen molar-refractivity contribution in [3.8, 4) is 0 Å². The van der Waals surface area contributed by atoms with Gasteiger partial charge in [-0.1, -0.05) is 19.9 Å². The molecule has 4 heteroatoms. The largest absolute Gasteiger partial charge is 0.353 e. The van der Waals surface area contributed by atoms with Gasteiger partial charge in [0.05, 0.1) is 0 Å². The molecule has 0 heterocycles. The zero-order chi connectivity index (χ0) is 11.7. The topological polar surface area (TPSA) is 47.6 Å². The van der Waals surface area contributed by atoms with Crippen LogP contribution in [0.4, 0.5) is 0 Å². The monoisotopic (exact) mass is 215 g/mol. The highest BCUT2D eigenvalue weighted by atomic mass is 16.7. The molecule has 0 aliphatic rings. The van der Waals surface area contributed by atoms with Gasteiger partial charge in [-0.3, -0.25) is 4.79 Å². The molecule has 0 fully saturated rings. The Morgan fingerprint density at radius 3 is 2.67 bits per heavy atom. The summed E-state index contributed by atoms with van der Waals surface area (Å²) in [6, 6.07) is 0. The van der Waals surface area contributed by atoms with Crippen LogP contribution in [-0.4, -0.2) is 25.0 Å². The lowest BCUT2D eigenvalue weighted by Crippen LogP contribution is -2.37. The van der Waals surface area contributed by atoms with Gasteiger partial charge in [0.25, 0.3) is 0 Å². The van der Waals surface area contributed by atoms with Crippen LogP contribution in [0.2, 0.25) is 0 Å². The first-order valence-corrected chi connectivity index (χ1v) is 5.34. The number of carbonyl (C=O) groups excluding carboxylic acids is 1. The van der Waals surface area contributed by atoms with Gasteiger partial charge in [-0.15, -0.1) is 0 Å². The lowest BCUT2D eigenvalue weighted by molar-refractivity contribution is -0.175. The lowest BCUT2D eigenvalue weighted by Gasteiger charge is -2.22. The number of amides is 1. The molecule has 0 aromatic carbocycles. The van der Waals surface area contributed by atoms with Crippen LogP contribution in [0.1, 0.15) is 33.6 Å². The van der Waals surface area contributed by atoms with E-state index < -0.39 is 0 Å². The summed E-state index contributed by atoms with van der Waals surface area (Å²) < 4.78 is 10.9. The smallest absolute Gasteiger partial charge is 0.245 e. The molecule has 4 nitrogen and oxygen atoms in total. The molecule has 15 heavy (non-hydrogen) atoms. The molecule has 0 aromatic rings. The molecule has 0 aliphatic heterocycles. The first kappa shape index (κ1) is 14.1. The van der Waals surface area contributed by atoms with E-state index in [1.807, 2.05) is 6.92 Å². The van der Waals surface area contributed by atoms with E-state index in [0.29, 0.717) is 6.61 Å².